The Morgan fingerprint density at radius 1 is 1.53 bits per heavy atom. The summed E-state index contributed by atoms with van der Waals surface area (Å²) in [5, 5.41) is 6.39. The molecule has 80 valence electrons. The Labute approximate surface area is 92.5 Å². The van der Waals surface area contributed by atoms with Gasteiger partial charge in [-0.25, -0.2) is 4.98 Å². The van der Waals surface area contributed by atoms with Gasteiger partial charge in [0.1, 0.15) is 10.6 Å². The van der Waals surface area contributed by atoms with E-state index in [9.17, 15) is 0 Å². The number of anilines is 2. The Balaban J connectivity index is 2.44. The molecule has 2 aromatic heterocycles. The van der Waals surface area contributed by atoms with Crippen molar-refractivity contribution in [3.63, 3.8) is 0 Å². The van der Waals surface area contributed by atoms with Crippen molar-refractivity contribution >= 4 is 33.3 Å². The highest BCUT2D eigenvalue weighted by Gasteiger charge is 2.08. The van der Waals surface area contributed by atoms with Crippen molar-refractivity contribution in [1.82, 2.24) is 9.97 Å². The zero-order chi connectivity index (χ0) is 10.8. The van der Waals surface area contributed by atoms with E-state index >= 15 is 0 Å². The number of nitrogens with one attached hydrogen (secondary N) is 1. The highest BCUT2D eigenvalue weighted by atomic mass is 32.1. The molecule has 0 saturated heterocycles. The van der Waals surface area contributed by atoms with Gasteiger partial charge >= 0.3 is 0 Å². The summed E-state index contributed by atoms with van der Waals surface area (Å²) in [5.74, 6) is 1.17. The third-order valence-corrected chi connectivity index (χ3v) is 3.14. The van der Waals surface area contributed by atoms with Crippen LogP contribution in [0.5, 0.6) is 0 Å². The molecule has 2 heterocycles. The van der Waals surface area contributed by atoms with Crippen LogP contribution in [0, 0.1) is 0 Å². The molecule has 0 amide bonds. The van der Waals surface area contributed by atoms with Gasteiger partial charge in [0.05, 0.1) is 5.39 Å². The lowest BCUT2D eigenvalue weighted by Gasteiger charge is -2.12. The number of hydrogen-bond donors (Lipinski definition) is 2. The second-order valence-corrected chi connectivity index (χ2v) is 4.42. The number of rotatable bonds is 3. The zero-order valence-electron chi connectivity index (χ0n) is 8.82. The van der Waals surface area contributed by atoms with Crippen LogP contribution in [0.25, 0.3) is 10.2 Å². The summed E-state index contributed by atoms with van der Waals surface area (Å²) in [7, 11) is 0. The van der Waals surface area contributed by atoms with E-state index in [1.807, 2.05) is 11.4 Å². The third-order valence-electron chi connectivity index (χ3n) is 2.34. The molecule has 0 fully saturated rings. The zero-order valence-corrected chi connectivity index (χ0v) is 9.64. The normalized spacial score (nSPS) is 12.9. The molecular formula is C10H14N4S. The maximum Gasteiger partial charge on any atom is 0.223 e. The second kappa shape index (κ2) is 4.02. The average Bonchev–Trinajstić information content (AvgIpc) is 2.65. The van der Waals surface area contributed by atoms with E-state index in [0.717, 1.165) is 22.5 Å². The van der Waals surface area contributed by atoms with Crippen LogP contribution >= 0.6 is 11.3 Å². The van der Waals surface area contributed by atoms with Gasteiger partial charge in [0.15, 0.2) is 0 Å². The quantitative estimate of drug-likeness (QED) is 0.837. The molecule has 1 unspecified atom stereocenters. The van der Waals surface area contributed by atoms with Crippen LogP contribution in [0.1, 0.15) is 20.3 Å². The fourth-order valence-corrected chi connectivity index (χ4v) is 2.09. The molecular weight excluding hydrogens is 208 g/mol. The van der Waals surface area contributed by atoms with E-state index in [2.05, 4.69) is 29.1 Å². The van der Waals surface area contributed by atoms with Gasteiger partial charge in [-0.1, -0.05) is 6.92 Å². The van der Waals surface area contributed by atoms with E-state index in [0.29, 0.717) is 12.0 Å². The molecule has 4 nitrogen and oxygen atoms in total. The monoisotopic (exact) mass is 222 g/mol. The van der Waals surface area contributed by atoms with Crippen LogP contribution < -0.4 is 11.1 Å². The molecule has 2 aromatic rings. The molecule has 0 radical (unpaired) electrons. The highest BCUT2D eigenvalue weighted by molar-refractivity contribution is 7.16. The van der Waals surface area contributed by atoms with Crippen molar-refractivity contribution in [2.24, 2.45) is 0 Å². The average molecular weight is 222 g/mol. The van der Waals surface area contributed by atoms with Crippen molar-refractivity contribution in [1.29, 1.82) is 0 Å². The SMILES string of the molecule is CCC(C)Nc1nc(N)nc2sccc12. The Morgan fingerprint density at radius 2 is 2.33 bits per heavy atom. The molecule has 5 heteroatoms. The first-order valence-electron chi connectivity index (χ1n) is 4.98. The van der Waals surface area contributed by atoms with Crippen LogP contribution in [0.2, 0.25) is 0 Å². The minimum Gasteiger partial charge on any atom is -0.368 e. The van der Waals surface area contributed by atoms with Crippen molar-refractivity contribution < 1.29 is 0 Å². The van der Waals surface area contributed by atoms with Gasteiger partial charge in [-0.3, -0.25) is 0 Å². The first kappa shape index (κ1) is 10.2. The number of nitrogens with two attached hydrogens (primary N) is 1. The molecule has 0 aliphatic heterocycles. The third kappa shape index (κ3) is 2.02. The van der Waals surface area contributed by atoms with E-state index in [4.69, 9.17) is 5.73 Å². The van der Waals surface area contributed by atoms with Crippen LogP contribution in [-0.2, 0) is 0 Å². The Hall–Kier alpha value is -1.36. The van der Waals surface area contributed by atoms with E-state index in [1.54, 1.807) is 11.3 Å². The first-order chi connectivity index (χ1) is 7.20. The van der Waals surface area contributed by atoms with Gasteiger partial charge in [0.2, 0.25) is 5.95 Å². The van der Waals surface area contributed by atoms with Crippen LogP contribution in [0.3, 0.4) is 0 Å². The molecule has 0 spiro atoms. The standard InChI is InChI=1S/C10H14N4S/c1-3-6(2)12-8-7-4-5-15-9(7)14-10(11)13-8/h4-6H,3H2,1-2H3,(H3,11,12,13,14). The molecule has 3 N–H and O–H groups in total. The fraction of sp³-hybridized carbons (Fsp3) is 0.400. The topological polar surface area (TPSA) is 63.8 Å². The Bertz CT molecular complexity index is 465. The minimum atomic E-state index is 0.329. The summed E-state index contributed by atoms with van der Waals surface area (Å²) in [6.45, 7) is 4.25. The highest BCUT2D eigenvalue weighted by Crippen LogP contribution is 2.26. The van der Waals surface area contributed by atoms with E-state index in [-0.39, 0.29) is 0 Å². The molecule has 0 aliphatic carbocycles. The summed E-state index contributed by atoms with van der Waals surface area (Å²) in [5.41, 5.74) is 5.65. The number of hydrogen-bond acceptors (Lipinski definition) is 5. The predicted octanol–water partition coefficient (Wildman–Crippen LogP) is 2.48. The Kier molecular flexibility index (Phi) is 2.73. The largest absolute Gasteiger partial charge is 0.368 e. The van der Waals surface area contributed by atoms with Crippen LogP contribution in [0.4, 0.5) is 11.8 Å². The summed E-state index contributed by atoms with van der Waals surface area (Å²) in [4.78, 5) is 9.34. The van der Waals surface area contributed by atoms with Gasteiger partial charge in [0.25, 0.3) is 0 Å². The summed E-state index contributed by atoms with van der Waals surface area (Å²) >= 11 is 1.58. The lowest BCUT2D eigenvalue weighted by molar-refractivity contribution is 0.760. The van der Waals surface area contributed by atoms with Crippen molar-refractivity contribution in [2.75, 3.05) is 11.1 Å². The van der Waals surface area contributed by atoms with Crippen molar-refractivity contribution in [3.8, 4) is 0 Å². The fourth-order valence-electron chi connectivity index (χ4n) is 1.32. The maximum absolute atomic E-state index is 5.65. The molecule has 0 aromatic carbocycles. The van der Waals surface area contributed by atoms with E-state index < -0.39 is 0 Å². The predicted molar refractivity (Wildman–Crippen MR) is 65.2 cm³/mol. The molecule has 15 heavy (non-hydrogen) atoms. The van der Waals surface area contributed by atoms with Crippen LogP contribution in [0.15, 0.2) is 11.4 Å². The molecule has 2 rings (SSSR count). The number of nitrogens with zero attached hydrogens (tertiary/aromatic N) is 2. The number of aromatic nitrogens is 2. The van der Waals surface area contributed by atoms with Crippen molar-refractivity contribution in [3.05, 3.63) is 11.4 Å². The summed E-state index contributed by atoms with van der Waals surface area (Å²) < 4.78 is 0. The lowest BCUT2D eigenvalue weighted by atomic mass is 10.2. The summed E-state index contributed by atoms with van der Waals surface area (Å²) in [6.07, 6.45) is 1.05. The lowest BCUT2D eigenvalue weighted by Crippen LogP contribution is -2.15. The number of fused-ring (bicyclic) bond motifs is 1. The van der Waals surface area contributed by atoms with Gasteiger partial charge < -0.3 is 11.1 Å². The van der Waals surface area contributed by atoms with Crippen LogP contribution in [-0.4, -0.2) is 16.0 Å². The number of thiophene rings is 1. The van der Waals surface area contributed by atoms with Gasteiger partial charge in [0, 0.05) is 6.04 Å². The molecule has 1 atom stereocenters. The smallest absolute Gasteiger partial charge is 0.223 e. The van der Waals surface area contributed by atoms with Gasteiger partial charge in [-0.05, 0) is 24.8 Å². The second-order valence-electron chi connectivity index (χ2n) is 3.52. The first-order valence-corrected chi connectivity index (χ1v) is 5.86. The molecule has 0 bridgehead atoms. The van der Waals surface area contributed by atoms with E-state index in [1.165, 1.54) is 0 Å². The van der Waals surface area contributed by atoms with Gasteiger partial charge in [-0.15, -0.1) is 11.3 Å². The molecule has 0 saturated carbocycles. The number of nitrogen functional groups attached to an aromatic ring is 1. The van der Waals surface area contributed by atoms with Crippen molar-refractivity contribution in [2.45, 2.75) is 26.3 Å². The maximum atomic E-state index is 5.65. The Morgan fingerprint density at radius 3 is 3.07 bits per heavy atom. The minimum absolute atomic E-state index is 0.329. The molecule has 0 aliphatic rings. The summed E-state index contributed by atoms with van der Waals surface area (Å²) in [6, 6.07) is 2.41. The van der Waals surface area contributed by atoms with Gasteiger partial charge in [-0.2, -0.15) is 4.98 Å².